The minimum absolute atomic E-state index is 0.214. The zero-order chi connectivity index (χ0) is 20.4. The highest BCUT2D eigenvalue weighted by atomic mass is 35.5. The van der Waals surface area contributed by atoms with Crippen molar-refractivity contribution < 1.29 is 9.53 Å². The second kappa shape index (κ2) is 8.73. The lowest BCUT2D eigenvalue weighted by atomic mass is 9.78. The van der Waals surface area contributed by atoms with E-state index in [0.717, 1.165) is 11.5 Å². The smallest absolute Gasteiger partial charge is 0.363 e. The first kappa shape index (κ1) is 20.2. The van der Waals surface area contributed by atoms with Crippen LogP contribution in [0.2, 0.25) is 10.0 Å². The lowest BCUT2D eigenvalue weighted by molar-refractivity contribution is -0.129. The van der Waals surface area contributed by atoms with E-state index in [1.54, 1.807) is 24.3 Å². The van der Waals surface area contributed by atoms with Crippen LogP contribution in [-0.4, -0.2) is 11.9 Å². The lowest BCUT2D eigenvalue weighted by Crippen LogP contribution is -2.13. The minimum Gasteiger partial charge on any atom is -0.402 e. The third kappa shape index (κ3) is 4.41. The van der Waals surface area contributed by atoms with Gasteiger partial charge in [-0.2, -0.15) is 0 Å². The Labute approximate surface area is 181 Å². The molecule has 0 bridgehead atoms. The van der Waals surface area contributed by atoms with Crippen LogP contribution in [0.3, 0.4) is 0 Å². The molecular formula is C24H23Cl2NO2. The van der Waals surface area contributed by atoms with Crippen LogP contribution < -0.4 is 0 Å². The molecule has 1 heterocycles. The molecule has 0 unspecified atom stereocenters. The Hall–Kier alpha value is -2.10. The average Bonchev–Trinajstić information content (AvgIpc) is 3.12. The van der Waals surface area contributed by atoms with Crippen molar-refractivity contribution in [3.8, 4) is 0 Å². The predicted octanol–water partition coefficient (Wildman–Crippen LogP) is 7.02. The summed E-state index contributed by atoms with van der Waals surface area (Å²) in [4.78, 5) is 16.6. The van der Waals surface area contributed by atoms with Crippen molar-refractivity contribution in [3.63, 3.8) is 0 Å². The maximum atomic E-state index is 12.3. The maximum Gasteiger partial charge on any atom is 0.363 e. The molecule has 1 fully saturated rings. The van der Waals surface area contributed by atoms with Crippen molar-refractivity contribution >= 4 is 41.1 Å². The van der Waals surface area contributed by atoms with Crippen molar-refractivity contribution in [2.24, 2.45) is 10.9 Å². The van der Waals surface area contributed by atoms with E-state index in [9.17, 15) is 4.79 Å². The Balaban J connectivity index is 1.51. The summed E-state index contributed by atoms with van der Waals surface area (Å²) in [6, 6.07) is 13.5. The van der Waals surface area contributed by atoms with Gasteiger partial charge in [0.15, 0.2) is 5.70 Å². The van der Waals surface area contributed by atoms with Crippen molar-refractivity contribution in [2.75, 3.05) is 0 Å². The van der Waals surface area contributed by atoms with E-state index < -0.39 is 5.97 Å². The number of carbonyl (C=O) groups is 1. The highest BCUT2D eigenvalue weighted by molar-refractivity contribution is 6.43. The van der Waals surface area contributed by atoms with Crippen LogP contribution in [0, 0.1) is 5.92 Å². The average molecular weight is 428 g/mol. The number of ether oxygens (including phenoxy) is 1. The van der Waals surface area contributed by atoms with Gasteiger partial charge < -0.3 is 4.74 Å². The van der Waals surface area contributed by atoms with E-state index in [1.807, 2.05) is 12.1 Å². The van der Waals surface area contributed by atoms with E-state index in [-0.39, 0.29) is 5.70 Å². The Morgan fingerprint density at radius 2 is 1.79 bits per heavy atom. The number of rotatable bonds is 4. The van der Waals surface area contributed by atoms with Gasteiger partial charge in [0.25, 0.3) is 0 Å². The molecule has 150 valence electrons. The van der Waals surface area contributed by atoms with E-state index in [1.165, 1.54) is 37.7 Å². The maximum absolute atomic E-state index is 12.3. The number of benzene rings is 2. The van der Waals surface area contributed by atoms with E-state index in [0.29, 0.717) is 27.4 Å². The standard InChI is InChI=1S/C24H23Cl2NO2/c1-2-15-6-8-16(9-7-15)17-10-12-18(13-11-17)23-27-21(24(28)29-23)14-19-4-3-5-20(25)22(19)26/h3-5,10-16H,2,6-9H2,1H3/b21-14+. The van der Waals surface area contributed by atoms with Gasteiger partial charge in [-0.15, -0.1) is 0 Å². The second-order valence-corrected chi connectivity index (χ2v) is 8.51. The molecule has 2 aromatic carbocycles. The Morgan fingerprint density at radius 3 is 2.48 bits per heavy atom. The van der Waals surface area contributed by atoms with E-state index >= 15 is 0 Å². The molecular weight excluding hydrogens is 405 g/mol. The van der Waals surface area contributed by atoms with Crippen LogP contribution in [0.15, 0.2) is 53.2 Å². The molecule has 1 saturated carbocycles. The highest BCUT2D eigenvalue weighted by Gasteiger charge is 2.25. The summed E-state index contributed by atoms with van der Waals surface area (Å²) in [5.74, 6) is 1.34. The second-order valence-electron chi connectivity index (χ2n) is 7.73. The van der Waals surface area contributed by atoms with Crippen LogP contribution in [0.1, 0.15) is 61.6 Å². The summed E-state index contributed by atoms with van der Waals surface area (Å²) in [7, 11) is 0. The van der Waals surface area contributed by atoms with Gasteiger partial charge in [-0.05, 0) is 72.9 Å². The molecule has 0 saturated heterocycles. The third-order valence-corrected chi connectivity index (χ3v) is 6.78. The van der Waals surface area contributed by atoms with Crippen molar-refractivity contribution in [2.45, 2.75) is 44.9 Å². The molecule has 0 spiro atoms. The SMILES string of the molecule is CCC1CCC(c2ccc(C3=N/C(=C/c4cccc(Cl)c4Cl)C(=O)O3)cc2)CC1. The first-order chi connectivity index (χ1) is 14.0. The third-order valence-electron chi connectivity index (χ3n) is 5.95. The van der Waals surface area contributed by atoms with Gasteiger partial charge in [-0.1, -0.05) is 60.8 Å². The summed E-state index contributed by atoms with van der Waals surface area (Å²) in [5, 5.41) is 0.820. The molecule has 29 heavy (non-hydrogen) atoms. The molecule has 2 aliphatic rings. The van der Waals surface area contributed by atoms with Crippen molar-refractivity contribution in [1.29, 1.82) is 0 Å². The zero-order valence-corrected chi connectivity index (χ0v) is 17.8. The van der Waals surface area contributed by atoms with Crippen LogP contribution in [0.5, 0.6) is 0 Å². The number of carbonyl (C=O) groups excluding carboxylic acids is 1. The fourth-order valence-electron chi connectivity index (χ4n) is 4.11. The number of hydrogen-bond donors (Lipinski definition) is 0. The molecule has 0 N–H and O–H groups in total. The number of cyclic esters (lactones) is 1. The summed E-state index contributed by atoms with van der Waals surface area (Å²) in [6.07, 6.45) is 8.01. The van der Waals surface area contributed by atoms with Gasteiger partial charge in [0.2, 0.25) is 5.90 Å². The minimum atomic E-state index is -0.488. The van der Waals surface area contributed by atoms with Gasteiger partial charge in [0.05, 0.1) is 10.0 Å². The molecule has 1 aliphatic heterocycles. The molecule has 0 amide bonds. The monoisotopic (exact) mass is 427 g/mol. The van der Waals surface area contributed by atoms with Gasteiger partial charge in [0.1, 0.15) is 0 Å². The Bertz CT molecular complexity index is 971. The number of hydrogen-bond acceptors (Lipinski definition) is 3. The van der Waals surface area contributed by atoms with Crippen LogP contribution >= 0.6 is 23.2 Å². The lowest BCUT2D eigenvalue weighted by Gasteiger charge is -2.28. The van der Waals surface area contributed by atoms with Crippen LogP contribution in [-0.2, 0) is 9.53 Å². The van der Waals surface area contributed by atoms with Crippen molar-refractivity contribution in [3.05, 3.63) is 74.9 Å². The van der Waals surface area contributed by atoms with Crippen LogP contribution in [0.25, 0.3) is 6.08 Å². The van der Waals surface area contributed by atoms with Gasteiger partial charge in [-0.3, -0.25) is 0 Å². The first-order valence-corrected chi connectivity index (χ1v) is 10.9. The number of halogens is 2. The number of nitrogens with zero attached hydrogens (tertiary/aromatic N) is 1. The summed E-state index contributed by atoms with van der Waals surface area (Å²) in [5.41, 5.74) is 3.00. The summed E-state index contributed by atoms with van der Waals surface area (Å²) < 4.78 is 5.38. The Kier molecular flexibility index (Phi) is 6.07. The summed E-state index contributed by atoms with van der Waals surface area (Å²) >= 11 is 12.2. The Morgan fingerprint density at radius 1 is 1.07 bits per heavy atom. The molecule has 0 aromatic heterocycles. The summed E-state index contributed by atoms with van der Waals surface area (Å²) in [6.45, 7) is 2.28. The molecule has 1 aliphatic carbocycles. The van der Waals surface area contributed by atoms with E-state index in [4.69, 9.17) is 27.9 Å². The zero-order valence-electron chi connectivity index (χ0n) is 16.3. The molecule has 5 heteroatoms. The first-order valence-electron chi connectivity index (χ1n) is 10.1. The predicted molar refractivity (Wildman–Crippen MR) is 119 cm³/mol. The molecule has 0 radical (unpaired) electrons. The number of esters is 1. The molecule has 4 rings (SSSR count). The highest BCUT2D eigenvalue weighted by Crippen LogP contribution is 2.37. The van der Waals surface area contributed by atoms with E-state index in [2.05, 4.69) is 24.0 Å². The topological polar surface area (TPSA) is 38.7 Å². The largest absolute Gasteiger partial charge is 0.402 e. The fraction of sp³-hybridized carbons (Fsp3) is 0.333. The molecule has 0 atom stereocenters. The number of aliphatic imine (C=N–C) groups is 1. The van der Waals surface area contributed by atoms with Crippen molar-refractivity contribution in [1.82, 2.24) is 0 Å². The quantitative estimate of drug-likeness (QED) is 0.388. The van der Waals surface area contributed by atoms with Gasteiger partial charge in [0, 0.05) is 5.56 Å². The molecule has 3 nitrogen and oxygen atoms in total. The van der Waals surface area contributed by atoms with Gasteiger partial charge >= 0.3 is 5.97 Å². The van der Waals surface area contributed by atoms with Crippen LogP contribution in [0.4, 0.5) is 0 Å². The molecule has 2 aromatic rings. The van der Waals surface area contributed by atoms with Gasteiger partial charge in [-0.25, -0.2) is 9.79 Å². The fourth-order valence-corrected chi connectivity index (χ4v) is 4.48. The normalized spacial score (nSPS) is 23.2.